The lowest BCUT2D eigenvalue weighted by Gasteiger charge is -2.56. The predicted octanol–water partition coefficient (Wildman–Crippen LogP) is 1.96. The molecule has 4 aliphatic carbocycles. The number of nitrogens with one attached hydrogen (secondary N) is 2. The topological polar surface area (TPSA) is 79.8 Å². The fourth-order valence-corrected chi connectivity index (χ4v) is 5.87. The highest BCUT2D eigenvalue weighted by Crippen LogP contribution is 2.55. The molecule has 6 heteroatoms. The molecule has 4 aliphatic rings. The lowest BCUT2D eigenvalue weighted by molar-refractivity contribution is -0.0167. The second-order valence-electron chi connectivity index (χ2n) is 8.21. The fourth-order valence-electron chi connectivity index (χ4n) is 5.87. The van der Waals surface area contributed by atoms with E-state index in [1.165, 1.54) is 31.7 Å². The first-order chi connectivity index (χ1) is 11.5. The van der Waals surface area contributed by atoms with Gasteiger partial charge in [0.05, 0.1) is 11.6 Å². The van der Waals surface area contributed by atoms with Crippen molar-refractivity contribution >= 4 is 16.9 Å². The van der Waals surface area contributed by atoms with E-state index < -0.39 is 0 Å². The average molecular weight is 326 g/mol. The number of aryl methyl sites for hydroxylation is 1. The number of H-pyrrole nitrogens is 1. The highest BCUT2D eigenvalue weighted by Gasteiger charge is 2.51. The van der Waals surface area contributed by atoms with Gasteiger partial charge in [0, 0.05) is 18.8 Å². The van der Waals surface area contributed by atoms with E-state index in [2.05, 4.69) is 15.4 Å². The summed E-state index contributed by atoms with van der Waals surface area (Å²) in [6.45, 7) is 0. The Labute approximate surface area is 139 Å². The smallest absolute Gasteiger partial charge is 0.257 e. The molecule has 2 heterocycles. The Morgan fingerprint density at radius 2 is 1.88 bits per heavy atom. The number of fused-ring (bicyclic) bond motifs is 1. The Hall–Kier alpha value is -2.11. The minimum absolute atomic E-state index is 0.0812. The Balaban J connectivity index is 1.47. The van der Waals surface area contributed by atoms with Gasteiger partial charge in [0.1, 0.15) is 11.2 Å². The van der Waals surface area contributed by atoms with E-state index in [9.17, 15) is 9.59 Å². The number of aromatic amines is 1. The number of carbonyl (C=O) groups is 1. The van der Waals surface area contributed by atoms with Gasteiger partial charge in [-0.15, -0.1) is 0 Å². The molecule has 0 radical (unpaired) electrons. The van der Waals surface area contributed by atoms with Crippen LogP contribution in [0, 0.1) is 17.8 Å². The van der Waals surface area contributed by atoms with Gasteiger partial charge in [-0.3, -0.25) is 14.3 Å². The quantitative estimate of drug-likeness (QED) is 0.885. The van der Waals surface area contributed by atoms with E-state index in [-0.39, 0.29) is 22.4 Å². The first-order valence-electron chi connectivity index (χ1n) is 8.89. The zero-order chi connectivity index (χ0) is 16.5. The molecule has 2 aromatic rings. The number of aromatic nitrogens is 3. The molecule has 6 rings (SSSR count). The summed E-state index contributed by atoms with van der Waals surface area (Å²) in [5, 5.41) is 7.83. The third-order valence-electron chi connectivity index (χ3n) is 6.44. The van der Waals surface area contributed by atoms with Crippen LogP contribution in [0.25, 0.3) is 11.0 Å². The van der Waals surface area contributed by atoms with Crippen molar-refractivity contribution < 1.29 is 4.79 Å². The van der Waals surface area contributed by atoms with Crippen molar-refractivity contribution in [1.29, 1.82) is 0 Å². The van der Waals surface area contributed by atoms with Crippen molar-refractivity contribution in [2.75, 3.05) is 0 Å². The lowest BCUT2D eigenvalue weighted by Crippen LogP contribution is -2.60. The molecule has 4 fully saturated rings. The molecule has 126 valence electrons. The summed E-state index contributed by atoms with van der Waals surface area (Å²) in [6, 6.07) is 0. The summed E-state index contributed by atoms with van der Waals surface area (Å²) < 4.78 is 1.61. The molecule has 0 spiro atoms. The summed E-state index contributed by atoms with van der Waals surface area (Å²) in [5.41, 5.74) is 0.527. The number of nitrogens with zero attached hydrogens (tertiary/aromatic N) is 2. The average Bonchev–Trinajstić information content (AvgIpc) is 2.88. The van der Waals surface area contributed by atoms with Crippen molar-refractivity contribution in [3.8, 4) is 0 Å². The van der Waals surface area contributed by atoms with Gasteiger partial charge in [0.2, 0.25) is 5.43 Å². The fraction of sp³-hybridized carbons (Fsp3) is 0.611. The molecule has 0 unspecified atom stereocenters. The summed E-state index contributed by atoms with van der Waals surface area (Å²) in [7, 11) is 1.77. The molecule has 0 aliphatic heterocycles. The molecule has 1 amide bonds. The molecule has 0 saturated heterocycles. The molecule has 0 atom stereocenters. The van der Waals surface area contributed by atoms with Crippen LogP contribution in [0.4, 0.5) is 0 Å². The third-order valence-corrected chi connectivity index (χ3v) is 6.44. The van der Waals surface area contributed by atoms with Crippen molar-refractivity contribution in [3.63, 3.8) is 0 Å². The van der Waals surface area contributed by atoms with Crippen LogP contribution in [0.2, 0.25) is 0 Å². The molecule has 4 bridgehead atoms. The van der Waals surface area contributed by atoms with Gasteiger partial charge >= 0.3 is 0 Å². The Morgan fingerprint density at radius 3 is 2.50 bits per heavy atom. The number of pyridine rings is 1. The van der Waals surface area contributed by atoms with Gasteiger partial charge in [-0.25, -0.2) is 0 Å². The van der Waals surface area contributed by atoms with E-state index in [1.54, 1.807) is 11.7 Å². The maximum absolute atomic E-state index is 12.8. The van der Waals surface area contributed by atoms with E-state index in [4.69, 9.17) is 0 Å². The minimum Gasteiger partial charge on any atom is -0.346 e. The summed E-state index contributed by atoms with van der Waals surface area (Å²) >= 11 is 0. The lowest BCUT2D eigenvalue weighted by atomic mass is 9.53. The van der Waals surface area contributed by atoms with Crippen LogP contribution in [0.15, 0.2) is 17.2 Å². The van der Waals surface area contributed by atoms with Crippen molar-refractivity contribution in [3.05, 3.63) is 28.2 Å². The number of hydrogen-bond acceptors (Lipinski definition) is 3. The number of rotatable bonds is 2. The Morgan fingerprint density at radius 1 is 1.25 bits per heavy atom. The maximum Gasteiger partial charge on any atom is 0.257 e. The molecule has 6 nitrogen and oxygen atoms in total. The van der Waals surface area contributed by atoms with E-state index in [0.717, 1.165) is 37.0 Å². The Kier molecular flexibility index (Phi) is 2.80. The van der Waals surface area contributed by atoms with Crippen molar-refractivity contribution in [2.24, 2.45) is 24.8 Å². The molecule has 2 aromatic heterocycles. The van der Waals surface area contributed by atoms with Crippen LogP contribution in [0.1, 0.15) is 48.9 Å². The largest absolute Gasteiger partial charge is 0.346 e. The zero-order valence-corrected chi connectivity index (χ0v) is 13.8. The number of carbonyl (C=O) groups excluding carboxylic acids is 1. The zero-order valence-electron chi connectivity index (χ0n) is 13.8. The normalized spacial score (nSPS) is 34.0. The Bertz CT molecular complexity index is 859. The van der Waals surface area contributed by atoms with Gasteiger partial charge in [-0.05, 0) is 56.3 Å². The van der Waals surface area contributed by atoms with Gasteiger partial charge < -0.3 is 10.3 Å². The molecule has 2 N–H and O–H groups in total. The van der Waals surface area contributed by atoms with Gasteiger partial charge in [-0.1, -0.05) is 0 Å². The standard InChI is InChI=1S/C18H22N4O2/c1-22-16-13(9-20-22)15(23)14(8-19-16)17(24)21-18-5-10-2-11(6-18)4-12(3-10)7-18/h8-12H,2-7H2,1H3,(H,19,23)(H,21,24). The maximum atomic E-state index is 12.8. The molecular formula is C18H22N4O2. The van der Waals surface area contributed by atoms with Gasteiger partial charge in [0.25, 0.3) is 5.91 Å². The monoisotopic (exact) mass is 326 g/mol. The van der Waals surface area contributed by atoms with Gasteiger partial charge in [0.15, 0.2) is 0 Å². The first-order valence-corrected chi connectivity index (χ1v) is 8.89. The second-order valence-corrected chi connectivity index (χ2v) is 8.21. The number of hydrogen-bond donors (Lipinski definition) is 2. The van der Waals surface area contributed by atoms with Crippen LogP contribution in [0.5, 0.6) is 0 Å². The summed E-state index contributed by atoms with van der Waals surface area (Å²) in [4.78, 5) is 28.5. The molecular weight excluding hydrogens is 304 g/mol. The third kappa shape index (κ3) is 1.98. The highest BCUT2D eigenvalue weighted by molar-refractivity contribution is 5.97. The number of amides is 1. The molecule has 4 saturated carbocycles. The minimum atomic E-state index is -0.237. The van der Waals surface area contributed by atoms with E-state index >= 15 is 0 Å². The van der Waals surface area contributed by atoms with Crippen LogP contribution >= 0.6 is 0 Å². The van der Waals surface area contributed by atoms with Crippen molar-refractivity contribution in [2.45, 2.75) is 44.1 Å². The van der Waals surface area contributed by atoms with Crippen LogP contribution < -0.4 is 10.7 Å². The van der Waals surface area contributed by atoms with Crippen LogP contribution in [-0.2, 0) is 7.05 Å². The summed E-state index contributed by atoms with van der Waals surface area (Å²) in [6.07, 6.45) is 10.3. The van der Waals surface area contributed by atoms with E-state index in [0.29, 0.717) is 11.0 Å². The molecule has 0 aromatic carbocycles. The predicted molar refractivity (Wildman–Crippen MR) is 89.7 cm³/mol. The SMILES string of the molecule is Cn1ncc2c(=O)c(C(=O)NC34CC5CC(CC(C5)C3)C4)c[nH]c21. The first kappa shape index (κ1) is 14.3. The van der Waals surface area contributed by atoms with Crippen LogP contribution in [-0.4, -0.2) is 26.2 Å². The van der Waals surface area contributed by atoms with E-state index in [1.807, 2.05) is 0 Å². The van der Waals surface area contributed by atoms with Gasteiger partial charge in [-0.2, -0.15) is 5.10 Å². The highest BCUT2D eigenvalue weighted by atomic mass is 16.2. The second kappa shape index (κ2) is 4.71. The van der Waals surface area contributed by atoms with Crippen LogP contribution in [0.3, 0.4) is 0 Å². The molecule has 24 heavy (non-hydrogen) atoms. The summed E-state index contributed by atoms with van der Waals surface area (Å²) in [5.74, 6) is 2.05. The van der Waals surface area contributed by atoms with Crippen molar-refractivity contribution in [1.82, 2.24) is 20.1 Å².